The van der Waals surface area contributed by atoms with E-state index in [1.807, 2.05) is 42.5 Å². The van der Waals surface area contributed by atoms with Crippen molar-refractivity contribution in [1.82, 2.24) is 4.98 Å². The van der Waals surface area contributed by atoms with Crippen molar-refractivity contribution in [3.05, 3.63) is 65.3 Å². The summed E-state index contributed by atoms with van der Waals surface area (Å²) in [6.45, 7) is 0. The second kappa shape index (κ2) is 4.94. The van der Waals surface area contributed by atoms with Gasteiger partial charge < -0.3 is 5.11 Å². The number of hydrogen-bond donors (Lipinski definition) is 1. The van der Waals surface area contributed by atoms with Gasteiger partial charge in [0.05, 0.1) is 10.5 Å². The average Bonchev–Trinajstić information content (AvgIpc) is 2.47. The fourth-order valence-electron chi connectivity index (χ4n) is 2.10. The molecule has 1 heterocycles. The number of aromatic nitrogens is 1. The smallest absolute Gasteiger partial charge is 0.354 e. The summed E-state index contributed by atoms with van der Waals surface area (Å²) in [4.78, 5) is 15.1. The molecule has 0 saturated carbocycles. The van der Waals surface area contributed by atoms with Gasteiger partial charge in [0.15, 0.2) is 0 Å². The number of hydrogen-bond acceptors (Lipinski definition) is 2. The van der Waals surface area contributed by atoms with E-state index in [1.54, 1.807) is 6.07 Å². The van der Waals surface area contributed by atoms with Gasteiger partial charge in [0.1, 0.15) is 5.69 Å². The van der Waals surface area contributed by atoms with E-state index >= 15 is 0 Å². The van der Waals surface area contributed by atoms with Gasteiger partial charge in [0.25, 0.3) is 0 Å². The molecule has 0 saturated heterocycles. The van der Waals surface area contributed by atoms with Gasteiger partial charge in [0, 0.05) is 5.39 Å². The van der Waals surface area contributed by atoms with Crippen molar-refractivity contribution >= 4 is 28.5 Å². The normalized spacial score (nSPS) is 10.7. The first-order valence-corrected chi connectivity index (χ1v) is 6.42. The second-order valence-corrected chi connectivity index (χ2v) is 4.80. The third kappa shape index (κ3) is 2.24. The van der Waals surface area contributed by atoms with Crippen LogP contribution >= 0.6 is 11.6 Å². The highest BCUT2D eigenvalue weighted by Crippen LogP contribution is 2.28. The molecule has 1 N–H and O–H groups in total. The monoisotopic (exact) mass is 283 g/mol. The number of aromatic carboxylic acids is 1. The van der Waals surface area contributed by atoms with Gasteiger partial charge >= 0.3 is 5.97 Å². The molecule has 3 nitrogen and oxygen atoms in total. The average molecular weight is 284 g/mol. The summed E-state index contributed by atoms with van der Waals surface area (Å²) in [5.41, 5.74) is 2.63. The number of carboxylic acids is 1. The summed E-state index contributed by atoms with van der Waals surface area (Å²) in [7, 11) is 0. The van der Waals surface area contributed by atoms with Crippen molar-refractivity contribution < 1.29 is 9.90 Å². The van der Waals surface area contributed by atoms with Crippen LogP contribution in [-0.2, 0) is 0 Å². The van der Waals surface area contributed by atoms with Crippen LogP contribution in [0, 0.1) is 0 Å². The molecule has 3 rings (SSSR count). The lowest BCUT2D eigenvalue weighted by Crippen LogP contribution is -2.00. The van der Waals surface area contributed by atoms with Crippen molar-refractivity contribution in [3.8, 4) is 11.1 Å². The Morgan fingerprint density at radius 3 is 2.45 bits per heavy atom. The highest BCUT2D eigenvalue weighted by molar-refractivity contribution is 6.35. The molecule has 0 bridgehead atoms. The lowest BCUT2D eigenvalue weighted by atomic mass is 10.0. The minimum absolute atomic E-state index is 0.0463. The van der Waals surface area contributed by atoms with Crippen molar-refractivity contribution in [2.75, 3.05) is 0 Å². The van der Waals surface area contributed by atoms with Crippen LogP contribution in [0.25, 0.3) is 22.0 Å². The lowest BCUT2D eigenvalue weighted by Gasteiger charge is -2.06. The molecule has 0 aliphatic heterocycles. The molecule has 0 unspecified atom stereocenters. The molecule has 0 fully saturated rings. The quantitative estimate of drug-likeness (QED) is 0.765. The van der Waals surface area contributed by atoms with Crippen LogP contribution in [0.4, 0.5) is 0 Å². The van der Waals surface area contributed by atoms with E-state index in [4.69, 9.17) is 16.7 Å². The zero-order valence-corrected chi connectivity index (χ0v) is 11.1. The maximum atomic E-state index is 11.0. The SMILES string of the molecule is O=C(O)c1cc(Cl)c2cc(-c3ccccc3)ccc2n1. The Balaban J connectivity index is 2.20. The lowest BCUT2D eigenvalue weighted by molar-refractivity contribution is 0.0691. The fraction of sp³-hybridized carbons (Fsp3) is 0. The van der Waals surface area contributed by atoms with Gasteiger partial charge in [-0.15, -0.1) is 0 Å². The maximum absolute atomic E-state index is 11.0. The number of halogens is 1. The molecule has 98 valence electrons. The van der Waals surface area contributed by atoms with Crippen molar-refractivity contribution in [3.63, 3.8) is 0 Å². The number of pyridine rings is 1. The number of carboxylic acid groups (broad SMARTS) is 1. The molecule has 4 heteroatoms. The van der Waals surface area contributed by atoms with E-state index in [9.17, 15) is 4.79 Å². The first-order valence-electron chi connectivity index (χ1n) is 6.04. The Morgan fingerprint density at radius 2 is 1.75 bits per heavy atom. The largest absolute Gasteiger partial charge is 0.477 e. The summed E-state index contributed by atoms with van der Waals surface area (Å²) < 4.78 is 0. The number of carbonyl (C=O) groups is 1. The van der Waals surface area contributed by atoms with Crippen molar-refractivity contribution in [2.45, 2.75) is 0 Å². The Hall–Kier alpha value is -2.39. The predicted octanol–water partition coefficient (Wildman–Crippen LogP) is 4.25. The molecule has 1 aromatic heterocycles. The first-order chi connectivity index (χ1) is 9.65. The van der Waals surface area contributed by atoms with Gasteiger partial charge in [-0.05, 0) is 29.3 Å². The summed E-state index contributed by atoms with van der Waals surface area (Å²) in [5, 5.41) is 10.1. The minimum Gasteiger partial charge on any atom is -0.477 e. The van der Waals surface area contributed by atoms with Crippen LogP contribution in [0.2, 0.25) is 5.02 Å². The topological polar surface area (TPSA) is 50.2 Å². The summed E-state index contributed by atoms with van der Waals surface area (Å²) >= 11 is 6.16. The Bertz CT molecular complexity index is 800. The number of fused-ring (bicyclic) bond motifs is 1. The molecule has 0 spiro atoms. The van der Waals surface area contributed by atoms with Gasteiger partial charge in [-0.3, -0.25) is 0 Å². The molecule has 0 radical (unpaired) electrons. The van der Waals surface area contributed by atoms with Gasteiger partial charge in [-0.1, -0.05) is 48.0 Å². The fourth-order valence-corrected chi connectivity index (χ4v) is 2.36. The zero-order valence-electron chi connectivity index (χ0n) is 10.4. The van der Waals surface area contributed by atoms with E-state index < -0.39 is 5.97 Å². The van der Waals surface area contributed by atoms with E-state index in [0.29, 0.717) is 10.5 Å². The predicted molar refractivity (Wildman–Crippen MR) is 79.1 cm³/mol. The summed E-state index contributed by atoms with van der Waals surface area (Å²) in [6.07, 6.45) is 0. The molecule has 0 aliphatic rings. The zero-order chi connectivity index (χ0) is 14.1. The molecular weight excluding hydrogens is 274 g/mol. The van der Waals surface area contributed by atoms with Gasteiger partial charge in [0.2, 0.25) is 0 Å². The van der Waals surface area contributed by atoms with Crippen LogP contribution in [0.1, 0.15) is 10.5 Å². The Kier molecular flexibility index (Phi) is 3.12. The molecule has 3 aromatic rings. The molecule has 20 heavy (non-hydrogen) atoms. The van der Waals surface area contributed by atoms with E-state index in [2.05, 4.69) is 4.98 Å². The van der Waals surface area contributed by atoms with E-state index in [-0.39, 0.29) is 5.69 Å². The highest BCUT2D eigenvalue weighted by atomic mass is 35.5. The Labute approximate surface area is 120 Å². The summed E-state index contributed by atoms with van der Waals surface area (Å²) in [5.74, 6) is -1.08. The first kappa shape index (κ1) is 12.6. The standard InChI is InChI=1S/C16H10ClNO2/c17-13-9-15(16(19)20)18-14-7-6-11(8-12(13)14)10-4-2-1-3-5-10/h1-9H,(H,19,20). The summed E-state index contributed by atoms with van der Waals surface area (Å²) in [6, 6.07) is 16.9. The van der Waals surface area contributed by atoms with Crippen LogP contribution in [0.3, 0.4) is 0 Å². The second-order valence-electron chi connectivity index (χ2n) is 4.39. The molecule has 2 aromatic carbocycles. The third-order valence-corrected chi connectivity index (χ3v) is 3.40. The van der Waals surface area contributed by atoms with Gasteiger partial charge in [-0.25, -0.2) is 9.78 Å². The maximum Gasteiger partial charge on any atom is 0.354 e. The van der Waals surface area contributed by atoms with Crippen molar-refractivity contribution in [2.24, 2.45) is 0 Å². The minimum atomic E-state index is -1.08. The number of rotatable bonds is 2. The van der Waals surface area contributed by atoms with Crippen LogP contribution in [-0.4, -0.2) is 16.1 Å². The Morgan fingerprint density at radius 1 is 1.00 bits per heavy atom. The molecule has 0 atom stereocenters. The van der Waals surface area contributed by atoms with Gasteiger partial charge in [-0.2, -0.15) is 0 Å². The van der Waals surface area contributed by atoms with E-state index in [0.717, 1.165) is 16.5 Å². The third-order valence-electron chi connectivity index (χ3n) is 3.08. The molecular formula is C16H10ClNO2. The van der Waals surface area contributed by atoms with Crippen molar-refractivity contribution in [1.29, 1.82) is 0 Å². The molecule has 0 amide bonds. The van der Waals surface area contributed by atoms with Crippen LogP contribution < -0.4 is 0 Å². The highest BCUT2D eigenvalue weighted by Gasteiger charge is 2.10. The van der Waals surface area contributed by atoms with E-state index in [1.165, 1.54) is 6.07 Å². The number of benzene rings is 2. The number of nitrogens with zero attached hydrogens (tertiary/aromatic N) is 1. The van der Waals surface area contributed by atoms with Crippen LogP contribution in [0.5, 0.6) is 0 Å². The molecule has 0 aliphatic carbocycles. The van der Waals surface area contributed by atoms with Crippen LogP contribution in [0.15, 0.2) is 54.6 Å².